The van der Waals surface area contributed by atoms with Gasteiger partial charge in [-0.25, -0.2) is 0 Å². The van der Waals surface area contributed by atoms with Crippen molar-refractivity contribution in [2.75, 3.05) is 0 Å². The molecule has 0 radical (unpaired) electrons. The lowest BCUT2D eigenvalue weighted by Gasteiger charge is -2.50. The van der Waals surface area contributed by atoms with Crippen molar-refractivity contribution in [1.82, 2.24) is 0 Å². The maximum Gasteiger partial charge on any atom is 0.132 e. The molecule has 2 heteroatoms. The smallest absolute Gasteiger partial charge is 0.132 e. The van der Waals surface area contributed by atoms with Gasteiger partial charge in [0.15, 0.2) is 0 Å². The lowest BCUT2D eigenvalue weighted by Crippen LogP contribution is -2.52. The van der Waals surface area contributed by atoms with Crippen LogP contribution < -0.4 is 0 Å². The summed E-state index contributed by atoms with van der Waals surface area (Å²) in [6, 6.07) is 0. The minimum absolute atomic E-state index is 0.148. The van der Waals surface area contributed by atoms with Crippen LogP contribution in [0.4, 0.5) is 0 Å². The normalized spacial score (nSPS) is 46.1. The summed E-state index contributed by atoms with van der Waals surface area (Å²) in [6.07, 6.45) is 5.94. The van der Waals surface area contributed by atoms with Crippen molar-refractivity contribution in [2.24, 2.45) is 17.3 Å². The molecule has 0 aromatic rings. The van der Waals surface area contributed by atoms with Gasteiger partial charge in [0.25, 0.3) is 0 Å². The quantitative estimate of drug-likeness (QED) is 0.710. The van der Waals surface area contributed by atoms with E-state index in [-0.39, 0.29) is 23.0 Å². The largest absolute Gasteiger partial charge is 0.389 e. The molecular formula is C15H24O2. The van der Waals surface area contributed by atoms with Crippen molar-refractivity contribution >= 4 is 5.78 Å². The van der Waals surface area contributed by atoms with Crippen LogP contribution in [0.3, 0.4) is 0 Å². The third-order valence-corrected chi connectivity index (χ3v) is 5.55. The summed E-state index contributed by atoms with van der Waals surface area (Å²) in [7, 11) is 0. The van der Waals surface area contributed by atoms with E-state index in [0.29, 0.717) is 0 Å². The van der Waals surface area contributed by atoms with E-state index in [2.05, 4.69) is 19.9 Å². The molecule has 2 rings (SSSR count). The number of rotatable bonds is 1. The summed E-state index contributed by atoms with van der Waals surface area (Å²) >= 11 is 0. The summed E-state index contributed by atoms with van der Waals surface area (Å²) in [5.74, 6) is 0.704. The Hall–Kier alpha value is -0.630. The van der Waals surface area contributed by atoms with Gasteiger partial charge in [-0.05, 0) is 52.4 Å². The fourth-order valence-corrected chi connectivity index (χ4v) is 3.86. The zero-order chi connectivity index (χ0) is 12.8. The fourth-order valence-electron chi connectivity index (χ4n) is 3.86. The first-order valence-corrected chi connectivity index (χ1v) is 6.71. The van der Waals surface area contributed by atoms with Crippen molar-refractivity contribution in [1.29, 1.82) is 0 Å². The number of carbonyl (C=O) groups excluding carboxylic acids is 1. The third kappa shape index (κ3) is 1.69. The molecule has 1 saturated carbocycles. The Morgan fingerprint density at radius 2 is 2.18 bits per heavy atom. The molecule has 0 unspecified atom stereocenters. The van der Waals surface area contributed by atoms with Crippen molar-refractivity contribution in [3.8, 4) is 0 Å². The molecule has 4 atom stereocenters. The van der Waals surface area contributed by atoms with Gasteiger partial charge >= 0.3 is 0 Å². The number of hydrogen-bond acceptors (Lipinski definition) is 2. The van der Waals surface area contributed by atoms with Crippen molar-refractivity contribution < 1.29 is 9.90 Å². The second-order valence-electron chi connectivity index (χ2n) is 6.30. The molecule has 0 bridgehead atoms. The van der Waals surface area contributed by atoms with Gasteiger partial charge in [-0.1, -0.05) is 18.6 Å². The minimum atomic E-state index is -0.671. The molecule has 17 heavy (non-hydrogen) atoms. The van der Waals surface area contributed by atoms with E-state index in [1.165, 1.54) is 5.57 Å². The van der Waals surface area contributed by atoms with Crippen LogP contribution >= 0.6 is 0 Å². The van der Waals surface area contributed by atoms with Crippen LogP contribution in [0.2, 0.25) is 0 Å². The zero-order valence-corrected chi connectivity index (χ0v) is 11.4. The second kappa shape index (κ2) is 3.94. The van der Waals surface area contributed by atoms with Crippen LogP contribution in [0.5, 0.6) is 0 Å². The molecule has 1 spiro atoms. The maximum absolute atomic E-state index is 11.6. The first kappa shape index (κ1) is 12.8. The van der Waals surface area contributed by atoms with E-state index in [0.717, 1.165) is 25.7 Å². The van der Waals surface area contributed by atoms with Crippen LogP contribution in [0.25, 0.3) is 0 Å². The predicted octanol–water partition coefficient (Wildman–Crippen LogP) is 3.10. The Balaban J connectivity index is 2.38. The van der Waals surface area contributed by atoms with Crippen molar-refractivity contribution in [2.45, 2.75) is 59.0 Å². The van der Waals surface area contributed by atoms with Crippen LogP contribution in [0.1, 0.15) is 53.4 Å². The standard InChI is InChI=1S/C15H24O2/c1-10-5-6-11(2)15(14(10,4)17)8-7-13(9-15)12(3)16/h6,10,13,17H,5,7-9H2,1-4H3/t10-,13+,14+,15-/m0/s1. The SMILES string of the molecule is CC(=O)[C@@H]1CC[C@]2(C1)C(C)=CC[C@H](C)[C@@]2(C)O. The van der Waals surface area contributed by atoms with Gasteiger partial charge in [-0.3, -0.25) is 4.79 Å². The van der Waals surface area contributed by atoms with Crippen LogP contribution in [-0.4, -0.2) is 16.5 Å². The van der Waals surface area contributed by atoms with Crippen LogP contribution in [0, 0.1) is 17.3 Å². The minimum Gasteiger partial charge on any atom is -0.389 e. The molecule has 2 aliphatic rings. The number of carbonyl (C=O) groups is 1. The van der Waals surface area contributed by atoms with E-state index in [4.69, 9.17) is 0 Å². The molecule has 0 heterocycles. The fraction of sp³-hybridized carbons (Fsp3) is 0.800. The highest BCUT2D eigenvalue weighted by Crippen LogP contribution is 2.58. The molecular weight excluding hydrogens is 212 g/mol. The first-order chi connectivity index (χ1) is 7.81. The lowest BCUT2D eigenvalue weighted by molar-refractivity contribution is -0.122. The zero-order valence-electron chi connectivity index (χ0n) is 11.4. The van der Waals surface area contributed by atoms with E-state index in [1.54, 1.807) is 6.92 Å². The average molecular weight is 236 g/mol. The summed E-state index contributed by atoms with van der Waals surface area (Å²) in [6.45, 7) is 7.90. The molecule has 1 fully saturated rings. The summed E-state index contributed by atoms with van der Waals surface area (Å²) in [4.78, 5) is 11.6. The van der Waals surface area contributed by atoms with Gasteiger partial charge in [-0.15, -0.1) is 0 Å². The number of ketones is 1. The van der Waals surface area contributed by atoms with Gasteiger partial charge in [-0.2, -0.15) is 0 Å². The molecule has 2 aliphatic carbocycles. The Labute approximate surface area is 104 Å². The molecule has 1 N–H and O–H groups in total. The van der Waals surface area contributed by atoms with Crippen LogP contribution in [-0.2, 0) is 4.79 Å². The Morgan fingerprint density at radius 3 is 2.71 bits per heavy atom. The molecule has 0 saturated heterocycles. The van der Waals surface area contributed by atoms with Gasteiger partial charge in [0.2, 0.25) is 0 Å². The van der Waals surface area contributed by atoms with Gasteiger partial charge in [0, 0.05) is 11.3 Å². The molecule has 0 aliphatic heterocycles. The van der Waals surface area contributed by atoms with Gasteiger partial charge in [0.05, 0.1) is 5.60 Å². The van der Waals surface area contributed by atoms with E-state index in [9.17, 15) is 9.90 Å². The van der Waals surface area contributed by atoms with Crippen molar-refractivity contribution in [3.05, 3.63) is 11.6 Å². The van der Waals surface area contributed by atoms with Gasteiger partial charge < -0.3 is 5.11 Å². The number of Topliss-reactive ketones (excluding diaryl/α,β-unsaturated/α-hetero) is 1. The van der Waals surface area contributed by atoms with Crippen molar-refractivity contribution in [3.63, 3.8) is 0 Å². The first-order valence-electron chi connectivity index (χ1n) is 6.71. The molecule has 0 aromatic carbocycles. The molecule has 96 valence electrons. The predicted molar refractivity (Wildman–Crippen MR) is 68.6 cm³/mol. The average Bonchev–Trinajstić information content (AvgIpc) is 2.69. The van der Waals surface area contributed by atoms with E-state index >= 15 is 0 Å². The maximum atomic E-state index is 11.6. The third-order valence-electron chi connectivity index (χ3n) is 5.55. The highest BCUT2D eigenvalue weighted by molar-refractivity contribution is 5.78. The van der Waals surface area contributed by atoms with E-state index < -0.39 is 5.60 Å². The summed E-state index contributed by atoms with van der Waals surface area (Å²) < 4.78 is 0. The molecule has 0 amide bonds. The summed E-state index contributed by atoms with van der Waals surface area (Å²) in [5, 5.41) is 10.9. The highest BCUT2D eigenvalue weighted by Gasteiger charge is 2.56. The van der Waals surface area contributed by atoms with Crippen LogP contribution in [0.15, 0.2) is 11.6 Å². The Bertz CT molecular complexity index is 367. The Kier molecular flexibility index (Phi) is 2.97. The lowest BCUT2D eigenvalue weighted by atomic mass is 9.58. The molecule has 2 nitrogen and oxygen atoms in total. The number of allylic oxidation sites excluding steroid dienone is 1. The summed E-state index contributed by atoms with van der Waals surface area (Å²) in [5.41, 5.74) is 0.473. The number of hydrogen-bond donors (Lipinski definition) is 1. The van der Waals surface area contributed by atoms with E-state index in [1.807, 2.05) is 6.92 Å². The topological polar surface area (TPSA) is 37.3 Å². The highest BCUT2D eigenvalue weighted by atomic mass is 16.3. The molecule has 0 aromatic heterocycles. The second-order valence-corrected chi connectivity index (χ2v) is 6.30. The Morgan fingerprint density at radius 1 is 1.53 bits per heavy atom. The monoisotopic (exact) mass is 236 g/mol. The number of aliphatic hydroxyl groups is 1. The van der Waals surface area contributed by atoms with Gasteiger partial charge in [0.1, 0.15) is 5.78 Å².